The molecule has 27 heavy (non-hydrogen) atoms. The minimum Gasteiger partial charge on any atom is -0.376 e. The van der Waals surface area contributed by atoms with Gasteiger partial charge in [0.25, 0.3) is 11.8 Å². The second kappa shape index (κ2) is 9.48. The lowest BCUT2D eigenvalue weighted by molar-refractivity contribution is 0.0857. The summed E-state index contributed by atoms with van der Waals surface area (Å²) in [7, 11) is 0. The summed E-state index contributed by atoms with van der Waals surface area (Å²) in [5.41, 5.74) is 1.75. The first-order valence-electron chi connectivity index (χ1n) is 8.99. The lowest BCUT2D eigenvalue weighted by Gasteiger charge is -2.11. The van der Waals surface area contributed by atoms with Crippen molar-refractivity contribution in [3.63, 3.8) is 0 Å². The van der Waals surface area contributed by atoms with Crippen molar-refractivity contribution in [3.8, 4) is 0 Å². The molecule has 0 spiro atoms. The van der Waals surface area contributed by atoms with E-state index in [2.05, 4.69) is 15.6 Å². The number of amides is 2. The summed E-state index contributed by atoms with van der Waals surface area (Å²) < 4.78 is 5.49. The zero-order valence-electron chi connectivity index (χ0n) is 14.9. The molecule has 142 valence electrons. The molecule has 6 nitrogen and oxygen atoms in total. The van der Waals surface area contributed by atoms with Gasteiger partial charge < -0.3 is 15.4 Å². The van der Waals surface area contributed by atoms with E-state index in [4.69, 9.17) is 16.3 Å². The third kappa shape index (κ3) is 5.77. The molecule has 1 unspecified atom stereocenters. The van der Waals surface area contributed by atoms with Gasteiger partial charge in [0, 0.05) is 37.1 Å². The standard InChI is InChI=1S/C20H22ClN3O3/c21-17-4-1-3-14(9-17)6-7-23-19(25)15-10-16(12-22-11-15)20(26)24-13-18-5-2-8-27-18/h1,3-4,9-12,18H,2,5-8,13H2,(H,23,25)(H,24,26). The van der Waals surface area contributed by atoms with E-state index in [1.807, 2.05) is 24.3 Å². The van der Waals surface area contributed by atoms with E-state index in [-0.39, 0.29) is 17.9 Å². The topological polar surface area (TPSA) is 80.3 Å². The lowest BCUT2D eigenvalue weighted by atomic mass is 10.1. The summed E-state index contributed by atoms with van der Waals surface area (Å²) >= 11 is 5.96. The predicted octanol–water partition coefficient (Wildman–Crippen LogP) is 2.62. The Balaban J connectivity index is 1.50. The van der Waals surface area contributed by atoms with Crippen LogP contribution in [0, 0.1) is 0 Å². The van der Waals surface area contributed by atoms with Crippen molar-refractivity contribution < 1.29 is 14.3 Å². The van der Waals surface area contributed by atoms with Gasteiger partial charge in [-0.15, -0.1) is 0 Å². The van der Waals surface area contributed by atoms with Crippen LogP contribution in [0.4, 0.5) is 0 Å². The first kappa shape index (κ1) is 19.3. The first-order chi connectivity index (χ1) is 13.1. The van der Waals surface area contributed by atoms with Gasteiger partial charge in [-0.2, -0.15) is 0 Å². The molecule has 1 saturated heterocycles. The Hall–Kier alpha value is -2.44. The molecule has 2 heterocycles. The third-order valence-electron chi connectivity index (χ3n) is 4.37. The van der Waals surface area contributed by atoms with Gasteiger partial charge in [0.15, 0.2) is 0 Å². The van der Waals surface area contributed by atoms with Gasteiger partial charge in [-0.25, -0.2) is 0 Å². The molecule has 2 N–H and O–H groups in total. The zero-order valence-corrected chi connectivity index (χ0v) is 15.7. The van der Waals surface area contributed by atoms with Crippen LogP contribution in [-0.4, -0.2) is 42.6 Å². The van der Waals surface area contributed by atoms with Crippen LogP contribution in [0.3, 0.4) is 0 Å². The predicted molar refractivity (Wildman–Crippen MR) is 103 cm³/mol. The number of halogens is 1. The number of aromatic nitrogens is 1. The van der Waals surface area contributed by atoms with E-state index in [1.54, 1.807) is 6.07 Å². The van der Waals surface area contributed by atoms with Crippen molar-refractivity contribution >= 4 is 23.4 Å². The monoisotopic (exact) mass is 387 g/mol. The maximum absolute atomic E-state index is 12.3. The van der Waals surface area contributed by atoms with E-state index < -0.39 is 0 Å². The highest BCUT2D eigenvalue weighted by atomic mass is 35.5. The second-order valence-electron chi connectivity index (χ2n) is 6.44. The van der Waals surface area contributed by atoms with Crippen LogP contribution in [0.2, 0.25) is 5.02 Å². The number of ether oxygens (including phenoxy) is 1. The Labute approximate surface area is 163 Å². The Kier molecular flexibility index (Phi) is 6.79. The van der Waals surface area contributed by atoms with Gasteiger partial charge in [0.05, 0.1) is 17.2 Å². The van der Waals surface area contributed by atoms with Crippen molar-refractivity contribution in [2.75, 3.05) is 19.7 Å². The Morgan fingerprint density at radius 1 is 1.15 bits per heavy atom. The second-order valence-corrected chi connectivity index (χ2v) is 6.88. The van der Waals surface area contributed by atoms with E-state index in [1.165, 1.54) is 12.4 Å². The molecule has 2 amide bonds. The van der Waals surface area contributed by atoms with Crippen molar-refractivity contribution in [1.82, 2.24) is 15.6 Å². The molecule has 3 rings (SSSR count). The molecular formula is C20H22ClN3O3. The molecule has 1 aliphatic heterocycles. The highest BCUT2D eigenvalue weighted by Gasteiger charge is 2.17. The molecule has 7 heteroatoms. The lowest BCUT2D eigenvalue weighted by Crippen LogP contribution is -2.32. The van der Waals surface area contributed by atoms with E-state index >= 15 is 0 Å². The van der Waals surface area contributed by atoms with Crippen LogP contribution in [0.15, 0.2) is 42.7 Å². The summed E-state index contributed by atoms with van der Waals surface area (Å²) in [4.78, 5) is 28.6. The molecule has 1 aliphatic rings. The first-order valence-corrected chi connectivity index (χ1v) is 9.37. The van der Waals surface area contributed by atoms with Crippen molar-refractivity contribution in [2.45, 2.75) is 25.4 Å². The highest BCUT2D eigenvalue weighted by Crippen LogP contribution is 2.12. The van der Waals surface area contributed by atoms with Gasteiger partial charge in [0.1, 0.15) is 0 Å². The highest BCUT2D eigenvalue weighted by molar-refractivity contribution is 6.30. The van der Waals surface area contributed by atoms with Gasteiger partial charge in [-0.05, 0) is 43.0 Å². The summed E-state index contributed by atoms with van der Waals surface area (Å²) in [6.07, 6.45) is 5.61. The van der Waals surface area contributed by atoms with Crippen LogP contribution >= 0.6 is 11.6 Å². The van der Waals surface area contributed by atoms with Crippen molar-refractivity contribution in [1.29, 1.82) is 0 Å². The smallest absolute Gasteiger partial charge is 0.252 e. The summed E-state index contributed by atoms with van der Waals surface area (Å²) in [5, 5.41) is 6.34. The average molecular weight is 388 g/mol. The van der Waals surface area contributed by atoms with E-state index in [0.717, 1.165) is 25.0 Å². The number of hydrogen-bond acceptors (Lipinski definition) is 4. The number of pyridine rings is 1. The van der Waals surface area contributed by atoms with Gasteiger partial charge >= 0.3 is 0 Å². The molecule has 1 fully saturated rings. The molecule has 2 aromatic rings. The van der Waals surface area contributed by atoms with Gasteiger partial charge in [-0.3, -0.25) is 14.6 Å². The van der Waals surface area contributed by atoms with Gasteiger partial charge in [0.2, 0.25) is 0 Å². The quantitative estimate of drug-likeness (QED) is 0.765. The molecule has 1 atom stereocenters. The molecule has 0 radical (unpaired) electrons. The Morgan fingerprint density at radius 2 is 1.93 bits per heavy atom. The number of nitrogens with one attached hydrogen (secondary N) is 2. The van der Waals surface area contributed by atoms with Crippen LogP contribution in [0.1, 0.15) is 39.1 Å². The molecule has 0 saturated carbocycles. The largest absolute Gasteiger partial charge is 0.376 e. The normalized spacial score (nSPS) is 16.1. The fourth-order valence-corrected chi connectivity index (χ4v) is 3.13. The Morgan fingerprint density at radius 3 is 2.63 bits per heavy atom. The van der Waals surface area contributed by atoms with Crippen molar-refractivity contribution in [2.24, 2.45) is 0 Å². The van der Waals surface area contributed by atoms with Crippen LogP contribution in [-0.2, 0) is 11.2 Å². The summed E-state index contributed by atoms with van der Waals surface area (Å²) in [6, 6.07) is 9.06. The minimum atomic E-state index is -0.265. The van der Waals surface area contributed by atoms with E-state index in [0.29, 0.717) is 35.7 Å². The number of nitrogens with zero attached hydrogens (tertiary/aromatic N) is 1. The zero-order chi connectivity index (χ0) is 19.1. The molecule has 0 bridgehead atoms. The molecular weight excluding hydrogens is 366 g/mol. The minimum absolute atomic E-state index is 0.0693. The summed E-state index contributed by atoms with van der Waals surface area (Å²) in [5.74, 6) is -0.523. The fraction of sp³-hybridized carbons (Fsp3) is 0.350. The van der Waals surface area contributed by atoms with Crippen LogP contribution < -0.4 is 10.6 Å². The van der Waals surface area contributed by atoms with Crippen LogP contribution in [0.25, 0.3) is 0 Å². The average Bonchev–Trinajstić information content (AvgIpc) is 3.20. The fourth-order valence-electron chi connectivity index (χ4n) is 2.92. The number of hydrogen-bond donors (Lipinski definition) is 2. The van der Waals surface area contributed by atoms with Crippen molar-refractivity contribution in [3.05, 3.63) is 64.4 Å². The third-order valence-corrected chi connectivity index (χ3v) is 4.60. The molecule has 0 aliphatic carbocycles. The summed E-state index contributed by atoms with van der Waals surface area (Å²) in [6.45, 7) is 1.68. The number of benzene rings is 1. The Bertz CT molecular complexity index is 807. The number of carbonyl (C=O) groups is 2. The number of rotatable bonds is 7. The van der Waals surface area contributed by atoms with E-state index in [9.17, 15) is 9.59 Å². The SMILES string of the molecule is O=C(NCCc1cccc(Cl)c1)c1cncc(C(=O)NCC2CCCO2)c1. The maximum atomic E-state index is 12.3. The molecule has 1 aromatic carbocycles. The molecule has 1 aromatic heterocycles. The number of carbonyl (C=O) groups excluding carboxylic acids is 2. The maximum Gasteiger partial charge on any atom is 0.252 e. The van der Waals surface area contributed by atoms with Gasteiger partial charge in [-0.1, -0.05) is 23.7 Å². The van der Waals surface area contributed by atoms with Crippen LogP contribution in [0.5, 0.6) is 0 Å².